The van der Waals surface area contributed by atoms with Crippen LogP contribution >= 0.6 is 11.6 Å². The fraction of sp³-hybridized carbons (Fsp3) is 0.111. The first-order chi connectivity index (χ1) is 16.9. The number of carbonyl (C=O) groups excluding carboxylic acids is 3. The summed E-state index contributed by atoms with van der Waals surface area (Å²) in [5.74, 6) is -0.643. The molecular formula is C27H23ClN4O3. The van der Waals surface area contributed by atoms with E-state index in [1.54, 1.807) is 72.5 Å². The molecule has 0 radical (unpaired) electrons. The number of rotatable bonds is 8. The molecule has 3 aromatic carbocycles. The highest BCUT2D eigenvalue weighted by Crippen LogP contribution is 2.15. The molecule has 0 saturated heterocycles. The minimum absolute atomic E-state index is 0.215. The monoisotopic (exact) mass is 486 g/mol. The Kier molecular flexibility index (Phi) is 7.38. The Morgan fingerprint density at radius 1 is 0.914 bits per heavy atom. The summed E-state index contributed by atoms with van der Waals surface area (Å²) >= 11 is 5.92. The van der Waals surface area contributed by atoms with Crippen LogP contribution in [0.2, 0.25) is 5.02 Å². The third-order valence-electron chi connectivity index (χ3n) is 5.45. The topological polar surface area (TPSA) is 93.1 Å². The second-order valence-electron chi connectivity index (χ2n) is 7.98. The van der Waals surface area contributed by atoms with Crippen LogP contribution in [0.1, 0.15) is 32.1 Å². The summed E-state index contributed by atoms with van der Waals surface area (Å²) in [5, 5.41) is 6.17. The van der Waals surface area contributed by atoms with Crippen molar-refractivity contribution in [3.63, 3.8) is 0 Å². The van der Waals surface area contributed by atoms with E-state index in [4.69, 9.17) is 11.6 Å². The Bertz CT molecular complexity index is 1330. The number of imidazole rings is 1. The molecule has 35 heavy (non-hydrogen) atoms. The molecule has 176 valence electrons. The van der Waals surface area contributed by atoms with E-state index in [0.717, 1.165) is 5.56 Å². The van der Waals surface area contributed by atoms with Gasteiger partial charge in [0.1, 0.15) is 6.04 Å². The zero-order valence-electron chi connectivity index (χ0n) is 18.9. The summed E-state index contributed by atoms with van der Waals surface area (Å²) in [4.78, 5) is 42.7. The largest absolute Gasteiger partial charge is 0.340 e. The number of benzene rings is 3. The maximum Gasteiger partial charge on any atom is 0.251 e. The molecule has 0 bridgehead atoms. The van der Waals surface area contributed by atoms with Gasteiger partial charge in [0.05, 0.1) is 0 Å². The van der Waals surface area contributed by atoms with Gasteiger partial charge in [-0.15, -0.1) is 0 Å². The van der Waals surface area contributed by atoms with E-state index in [0.29, 0.717) is 34.1 Å². The maximum atomic E-state index is 13.2. The van der Waals surface area contributed by atoms with Crippen LogP contribution in [-0.4, -0.2) is 33.2 Å². The number of nitrogens with one attached hydrogen (secondary N) is 2. The Labute approximate surface area is 207 Å². The molecule has 0 fully saturated rings. The lowest BCUT2D eigenvalue weighted by atomic mass is 10.0. The average molecular weight is 487 g/mol. The third-order valence-corrected chi connectivity index (χ3v) is 5.70. The molecule has 2 amide bonds. The molecule has 1 heterocycles. The normalized spacial score (nSPS) is 11.5. The van der Waals surface area contributed by atoms with Gasteiger partial charge in [0.2, 0.25) is 11.7 Å². The van der Waals surface area contributed by atoms with Gasteiger partial charge in [0.25, 0.3) is 5.91 Å². The number of carbonyl (C=O) groups is 3. The molecule has 0 aliphatic carbocycles. The van der Waals surface area contributed by atoms with Crippen LogP contribution in [-0.2, 0) is 18.3 Å². The van der Waals surface area contributed by atoms with Crippen LogP contribution in [0.15, 0.2) is 91.3 Å². The number of aryl methyl sites for hydroxylation is 1. The summed E-state index contributed by atoms with van der Waals surface area (Å²) in [7, 11) is 1.75. The lowest BCUT2D eigenvalue weighted by Crippen LogP contribution is -2.45. The van der Waals surface area contributed by atoms with E-state index in [1.807, 2.05) is 30.3 Å². The van der Waals surface area contributed by atoms with Crippen molar-refractivity contribution in [2.75, 3.05) is 5.32 Å². The quantitative estimate of drug-likeness (QED) is 0.363. The van der Waals surface area contributed by atoms with Crippen molar-refractivity contribution in [1.29, 1.82) is 0 Å². The van der Waals surface area contributed by atoms with Crippen LogP contribution in [0, 0.1) is 0 Å². The molecule has 0 spiro atoms. The highest BCUT2D eigenvalue weighted by molar-refractivity contribution is 6.30. The van der Waals surface area contributed by atoms with E-state index >= 15 is 0 Å². The molecule has 0 aliphatic heterocycles. The highest BCUT2D eigenvalue weighted by atomic mass is 35.5. The molecule has 1 atom stereocenters. The number of anilines is 1. The molecule has 4 aromatic rings. The van der Waals surface area contributed by atoms with E-state index < -0.39 is 6.04 Å². The van der Waals surface area contributed by atoms with Gasteiger partial charge in [-0.05, 0) is 54.1 Å². The fourth-order valence-corrected chi connectivity index (χ4v) is 3.68. The third kappa shape index (κ3) is 6.02. The van der Waals surface area contributed by atoms with Crippen LogP contribution in [0.5, 0.6) is 0 Å². The van der Waals surface area contributed by atoms with Crippen molar-refractivity contribution in [3.05, 3.63) is 119 Å². The molecule has 4 rings (SSSR count). The van der Waals surface area contributed by atoms with Gasteiger partial charge >= 0.3 is 0 Å². The number of hydrogen-bond donors (Lipinski definition) is 2. The molecule has 1 aromatic heterocycles. The number of aromatic nitrogens is 2. The van der Waals surface area contributed by atoms with Crippen molar-refractivity contribution >= 4 is 34.9 Å². The van der Waals surface area contributed by atoms with E-state index in [2.05, 4.69) is 15.6 Å². The summed E-state index contributed by atoms with van der Waals surface area (Å²) in [6.45, 7) is 0. The van der Waals surface area contributed by atoms with Crippen LogP contribution in [0.3, 0.4) is 0 Å². The zero-order valence-corrected chi connectivity index (χ0v) is 19.7. The number of halogens is 1. The van der Waals surface area contributed by atoms with Crippen molar-refractivity contribution in [2.45, 2.75) is 12.5 Å². The van der Waals surface area contributed by atoms with E-state index in [9.17, 15) is 14.4 Å². The molecular weight excluding hydrogens is 464 g/mol. The fourth-order valence-electron chi connectivity index (χ4n) is 3.55. The number of nitrogens with zero attached hydrogens (tertiary/aromatic N) is 2. The van der Waals surface area contributed by atoms with Gasteiger partial charge < -0.3 is 15.2 Å². The van der Waals surface area contributed by atoms with Gasteiger partial charge in [-0.1, -0.05) is 41.9 Å². The van der Waals surface area contributed by atoms with Gasteiger partial charge in [-0.2, -0.15) is 0 Å². The lowest BCUT2D eigenvalue weighted by molar-refractivity contribution is -0.118. The number of hydrogen-bond acceptors (Lipinski definition) is 4. The van der Waals surface area contributed by atoms with Crippen molar-refractivity contribution in [1.82, 2.24) is 14.9 Å². The first kappa shape index (κ1) is 23.9. The SMILES string of the molecule is Cn1ccnc1C(=O)c1ccc(NC(=O)C(Cc2ccccc2)NC(=O)c2ccc(Cl)cc2)cc1. The molecule has 8 heteroatoms. The summed E-state index contributed by atoms with van der Waals surface area (Å²) in [6, 6.07) is 21.6. The summed E-state index contributed by atoms with van der Waals surface area (Å²) < 4.78 is 1.65. The van der Waals surface area contributed by atoms with E-state index in [-0.39, 0.29) is 17.6 Å². The zero-order chi connectivity index (χ0) is 24.8. The first-order valence-corrected chi connectivity index (χ1v) is 11.3. The standard InChI is InChI=1S/C27H23ClN4O3/c1-32-16-15-29-25(32)24(33)19-9-13-22(14-10-19)30-27(35)23(17-18-5-3-2-4-6-18)31-26(34)20-7-11-21(28)12-8-20/h2-16,23H,17H2,1H3,(H,30,35)(H,31,34). The predicted octanol–water partition coefficient (Wildman–Crippen LogP) is 4.28. The lowest BCUT2D eigenvalue weighted by Gasteiger charge is -2.19. The Morgan fingerprint density at radius 2 is 1.57 bits per heavy atom. The second kappa shape index (κ2) is 10.8. The van der Waals surface area contributed by atoms with Gasteiger partial charge in [-0.3, -0.25) is 14.4 Å². The minimum Gasteiger partial charge on any atom is -0.340 e. The Morgan fingerprint density at radius 3 is 2.20 bits per heavy atom. The van der Waals surface area contributed by atoms with Crippen LogP contribution in [0.4, 0.5) is 5.69 Å². The molecule has 0 aliphatic rings. The predicted molar refractivity (Wildman–Crippen MR) is 135 cm³/mol. The second-order valence-corrected chi connectivity index (χ2v) is 8.42. The molecule has 2 N–H and O–H groups in total. The molecule has 1 unspecified atom stereocenters. The number of amides is 2. The average Bonchev–Trinajstić information content (AvgIpc) is 3.30. The highest BCUT2D eigenvalue weighted by Gasteiger charge is 2.22. The van der Waals surface area contributed by atoms with Crippen molar-refractivity contribution < 1.29 is 14.4 Å². The molecule has 7 nitrogen and oxygen atoms in total. The smallest absolute Gasteiger partial charge is 0.251 e. The van der Waals surface area contributed by atoms with E-state index in [1.165, 1.54) is 0 Å². The van der Waals surface area contributed by atoms with Crippen molar-refractivity contribution in [3.8, 4) is 0 Å². The molecule has 0 saturated carbocycles. The minimum atomic E-state index is -0.825. The maximum absolute atomic E-state index is 13.2. The summed E-state index contributed by atoms with van der Waals surface area (Å²) in [6.07, 6.45) is 3.57. The summed E-state index contributed by atoms with van der Waals surface area (Å²) in [5.41, 5.74) is 2.26. The Balaban J connectivity index is 1.49. The number of ketones is 1. The van der Waals surface area contributed by atoms with Gasteiger partial charge in [-0.25, -0.2) is 4.98 Å². The van der Waals surface area contributed by atoms with Crippen molar-refractivity contribution in [2.24, 2.45) is 7.05 Å². The van der Waals surface area contributed by atoms with Gasteiger partial charge in [0, 0.05) is 47.7 Å². The van der Waals surface area contributed by atoms with Crippen LogP contribution < -0.4 is 10.6 Å². The first-order valence-electron chi connectivity index (χ1n) is 10.9. The van der Waals surface area contributed by atoms with Gasteiger partial charge in [0.15, 0.2) is 5.82 Å². The van der Waals surface area contributed by atoms with Crippen LogP contribution in [0.25, 0.3) is 0 Å². The Hall–Kier alpha value is -4.23.